The van der Waals surface area contributed by atoms with Crippen molar-refractivity contribution in [1.29, 1.82) is 0 Å². The highest BCUT2D eigenvalue weighted by Crippen LogP contribution is 2.60. The van der Waals surface area contributed by atoms with Gasteiger partial charge in [0.2, 0.25) is 0 Å². The molecule has 0 aromatic heterocycles. The van der Waals surface area contributed by atoms with E-state index < -0.39 is 0 Å². The second-order valence-electron chi connectivity index (χ2n) is 7.56. The van der Waals surface area contributed by atoms with Gasteiger partial charge in [0, 0.05) is 11.8 Å². The predicted molar refractivity (Wildman–Crippen MR) is 84.3 cm³/mol. The topological polar surface area (TPSA) is 46.5 Å². The third-order valence-corrected chi connectivity index (χ3v) is 6.73. The van der Waals surface area contributed by atoms with Crippen molar-refractivity contribution in [3.8, 4) is 11.5 Å². The summed E-state index contributed by atoms with van der Waals surface area (Å²) in [6.45, 7) is 2.20. The van der Waals surface area contributed by atoms with Crippen LogP contribution >= 0.6 is 0 Å². The lowest BCUT2D eigenvalue weighted by Crippen LogP contribution is -2.42. The number of carbonyl (C=O) groups excluding carboxylic acids is 1. The molecule has 0 saturated heterocycles. The normalized spacial score (nSPS) is 36.5. The van der Waals surface area contributed by atoms with E-state index >= 15 is 0 Å². The molecule has 0 amide bonds. The van der Waals surface area contributed by atoms with Gasteiger partial charge in [0.05, 0.1) is 7.11 Å². The SMILES string of the molecule is C[C@]12CC[C@@H]3c4cc(O[13CH3])c(O)cc4CC[C@H]3[C@@H]1CCC2=O. The van der Waals surface area contributed by atoms with Crippen molar-refractivity contribution in [2.24, 2.45) is 17.3 Å². The smallest absolute Gasteiger partial charge is 0.160 e. The first kappa shape index (κ1) is 14.1. The van der Waals surface area contributed by atoms with Crippen LogP contribution in [0, 0.1) is 17.3 Å². The summed E-state index contributed by atoms with van der Waals surface area (Å²) >= 11 is 0. The van der Waals surface area contributed by atoms with Crippen LogP contribution in [0.25, 0.3) is 0 Å². The van der Waals surface area contributed by atoms with Crippen LogP contribution in [-0.4, -0.2) is 18.0 Å². The van der Waals surface area contributed by atoms with Crippen molar-refractivity contribution in [3.63, 3.8) is 0 Å². The van der Waals surface area contributed by atoms with Gasteiger partial charge in [-0.25, -0.2) is 0 Å². The highest BCUT2D eigenvalue weighted by Gasteiger charge is 2.54. The van der Waals surface area contributed by atoms with E-state index in [1.54, 1.807) is 7.11 Å². The van der Waals surface area contributed by atoms with Gasteiger partial charge in [0.25, 0.3) is 0 Å². The molecule has 1 aromatic rings. The molecule has 4 rings (SSSR count). The van der Waals surface area contributed by atoms with Crippen LogP contribution in [-0.2, 0) is 11.2 Å². The molecule has 4 atom stereocenters. The number of carbonyl (C=O) groups is 1. The second kappa shape index (κ2) is 4.74. The van der Waals surface area contributed by atoms with Crippen molar-refractivity contribution in [3.05, 3.63) is 23.3 Å². The lowest BCUT2D eigenvalue weighted by molar-refractivity contribution is -0.129. The molecule has 3 aliphatic carbocycles. The molecule has 0 aliphatic heterocycles. The van der Waals surface area contributed by atoms with Gasteiger partial charge in [-0.1, -0.05) is 6.92 Å². The molecule has 0 spiro atoms. The number of methoxy groups -OCH3 is 1. The zero-order valence-corrected chi connectivity index (χ0v) is 13.4. The Morgan fingerprint density at radius 3 is 2.82 bits per heavy atom. The van der Waals surface area contributed by atoms with Crippen molar-refractivity contribution >= 4 is 5.78 Å². The Bertz CT molecular complexity index is 636. The van der Waals surface area contributed by atoms with E-state index in [0.29, 0.717) is 29.3 Å². The van der Waals surface area contributed by atoms with Gasteiger partial charge in [-0.3, -0.25) is 4.79 Å². The molecule has 118 valence electrons. The van der Waals surface area contributed by atoms with Crippen molar-refractivity contribution < 1.29 is 14.6 Å². The first-order chi connectivity index (χ1) is 10.5. The number of aromatic hydroxyl groups is 1. The van der Waals surface area contributed by atoms with Crippen LogP contribution in [0.2, 0.25) is 0 Å². The number of hydrogen-bond donors (Lipinski definition) is 1. The summed E-state index contributed by atoms with van der Waals surface area (Å²) < 4.78 is 5.31. The molecule has 0 radical (unpaired) electrons. The molecule has 2 fully saturated rings. The Kier molecular flexibility index (Phi) is 3.04. The lowest BCUT2D eigenvalue weighted by Gasteiger charge is -2.48. The number of phenols is 1. The maximum Gasteiger partial charge on any atom is 0.160 e. The molecule has 3 aliphatic rings. The molecule has 0 unspecified atom stereocenters. The fourth-order valence-corrected chi connectivity index (χ4v) is 5.52. The summed E-state index contributed by atoms with van der Waals surface area (Å²) in [5.74, 6) is 3.01. The molecule has 2 saturated carbocycles. The molecule has 1 aromatic carbocycles. The Morgan fingerprint density at radius 1 is 1.23 bits per heavy atom. The summed E-state index contributed by atoms with van der Waals surface area (Å²) in [7, 11) is 1.61. The lowest BCUT2D eigenvalue weighted by atomic mass is 9.55. The number of Topliss-reactive ketones (excluding diaryl/α,β-unsaturated/α-hetero) is 1. The van der Waals surface area contributed by atoms with E-state index in [4.69, 9.17) is 4.74 Å². The zero-order chi connectivity index (χ0) is 15.5. The molecule has 3 heteroatoms. The van der Waals surface area contributed by atoms with Crippen LogP contribution in [0.4, 0.5) is 0 Å². The minimum atomic E-state index is -0.0698. The maximum absolute atomic E-state index is 12.3. The fraction of sp³-hybridized carbons (Fsp3) is 0.632. The molecule has 1 N–H and O–H groups in total. The Morgan fingerprint density at radius 2 is 2.05 bits per heavy atom. The van der Waals surface area contributed by atoms with Gasteiger partial charge in [-0.15, -0.1) is 0 Å². The number of aryl methyl sites for hydroxylation is 1. The quantitative estimate of drug-likeness (QED) is 0.802. The number of benzene rings is 1. The minimum absolute atomic E-state index is 0.0698. The summed E-state index contributed by atoms with van der Waals surface area (Å²) in [5, 5.41) is 10.0. The third-order valence-electron chi connectivity index (χ3n) is 6.73. The molecular weight excluding hydrogens is 277 g/mol. The van der Waals surface area contributed by atoms with E-state index in [1.165, 1.54) is 11.1 Å². The second-order valence-corrected chi connectivity index (χ2v) is 7.56. The number of ketones is 1. The van der Waals surface area contributed by atoms with Gasteiger partial charge in [0.15, 0.2) is 11.5 Å². The summed E-state index contributed by atoms with van der Waals surface area (Å²) in [5.41, 5.74) is 2.56. The number of hydrogen-bond acceptors (Lipinski definition) is 3. The average Bonchev–Trinajstić information content (AvgIpc) is 2.82. The number of phenolic OH excluding ortho intramolecular Hbond substituents is 1. The summed E-state index contributed by atoms with van der Waals surface area (Å²) in [6, 6.07) is 3.93. The van der Waals surface area contributed by atoms with Gasteiger partial charge >= 0.3 is 0 Å². The van der Waals surface area contributed by atoms with Crippen LogP contribution in [0.15, 0.2) is 12.1 Å². The summed E-state index contributed by atoms with van der Waals surface area (Å²) in [6.07, 6.45) is 6.10. The predicted octanol–water partition coefficient (Wildman–Crippen LogP) is 3.83. The van der Waals surface area contributed by atoms with Gasteiger partial charge in [-0.05, 0) is 73.1 Å². The molecule has 3 nitrogen and oxygen atoms in total. The monoisotopic (exact) mass is 301 g/mol. The minimum Gasteiger partial charge on any atom is -0.504 e. The number of ether oxygens (including phenoxy) is 1. The van der Waals surface area contributed by atoms with Crippen LogP contribution in [0.1, 0.15) is 56.1 Å². The van der Waals surface area contributed by atoms with Gasteiger partial charge < -0.3 is 9.84 Å². The largest absolute Gasteiger partial charge is 0.504 e. The average molecular weight is 301 g/mol. The van der Waals surface area contributed by atoms with Gasteiger partial charge in [-0.2, -0.15) is 0 Å². The molecular formula is C19H24O3. The van der Waals surface area contributed by atoms with E-state index in [-0.39, 0.29) is 11.2 Å². The molecule has 0 heterocycles. The van der Waals surface area contributed by atoms with Crippen molar-refractivity contribution in [2.75, 3.05) is 7.11 Å². The van der Waals surface area contributed by atoms with E-state index in [0.717, 1.165) is 38.5 Å². The van der Waals surface area contributed by atoms with Crippen molar-refractivity contribution in [2.45, 2.75) is 51.4 Å². The number of rotatable bonds is 1. The standard InChI is InChI=1S/C19H24O3/c1-19-8-7-12-13(15(19)5-6-18(19)21)4-3-11-9-16(20)17(22-2)10-14(11)12/h9-10,12-13,15,20H,3-8H2,1-2H3/t12-,13+,15-,19-/m0/s1/i2+1. The zero-order valence-electron chi connectivity index (χ0n) is 13.4. The molecule has 22 heavy (non-hydrogen) atoms. The first-order valence-electron chi connectivity index (χ1n) is 8.47. The van der Waals surface area contributed by atoms with E-state index in [2.05, 4.69) is 6.92 Å². The van der Waals surface area contributed by atoms with Crippen LogP contribution in [0.5, 0.6) is 11.5 Å². The first-order valence-corrected chi connectivity index (χ1v) is 8.47. The highest BCUT2D eigenvalue weighted by molar-refractivity contribution is 5.87. The molecule has 0 bridgehead atoms. The van der Waals surface area contributed by atoms with Crippen LogP contribution < -0.4 is 4.74 Å². The van der Waals surface area contributed by atoms with Crippen molar-refractivity contribution in [1.82, 2.24) is 0 Å². The van der Waals surface area contributed by atoms with Crippen LogP contribution in [0.3, 0.4) is 0 Å². The summed E-state index contributed by atoms with van der Waals surface area (Å²) in [4.78, 5) is 12.3. The highest BCUT2D eigenvalue weighted by atomic mass is 16.5. The van der Waals surface area contributed by atoms with E-state index in [9.17, 15) is 9.90 Å². The maximum atomic E-state index is 12.3. The third kappa shape index (κ3) is 1.77. The Hall–Kier alpha value is -1.51. The van der Waals surface area contributed by atoms with Gasteiger partial charge in [0.1, 0.15) is 5.78 Å². The fourth-order valence-electron chi connectivity index (χ4n) is 5.52. The number of fused-ring (bicyclic) bond motifs is 5. The Labute approximate surface area is 131 Å². The van der Waals surface area contributed by atoms with E-state index in [1.807, 2.05) is 12.1 Å². The Balaban J connectivity index is 1.74.